The zero-order chi connectivity index (χ0) is 51.2. The van der Waals surface area contributed by atoms with E-state index in [0.29, 0.717) is 35.3 Å². The Kier molecular flexibility index (Phi) is 39.6. The number of rotatable bonds is 19. The summed E-state index contributed by atoms with van der Waals surface area (Å²) in [4.78, 5) is 84.2. The lowest BCUT2D eigenvalue weighted by atomic mass is 9.89. The van der Waals surface area contributed by atoms with Crippen molar-refractivity contribution in [2.24, 2.45) is 17.8 Å². The highest BCUT2D eigenvalue weighted by molar-refractivity contribution is 5.91. The van der Waals surface area contributed by atoms with Gasteiger partial charge in [-0.15, -0.1) is 0 Å². The van der Waals surface area contributed by atoms with Gasteiger partial charge in [-0.25, -0.2) is 19.2 Å². The SMILES string of the molecule is C.C.C.C.C.C.CC(COC(=O)c1ccccc1)OC(=O)C1CCCCC1.O=C(OCC(COC(=O)c1ccccc1)OC(=O)C1CCCCC1)c1ccccc1.O=C(OCCCOC(=O)C1CCCCC1)c1ccccc1. The Bertz CT molecular complexity index is 2180. The Hall–Kier alpha value is -6.83. The van der Waals surface area contributed by atoms with Gasteiger partial charge < -0.3 is 33.2 Å². The summed E-state index contributed by atoms with van der Waals surface area (Å²) < 4.78 is 37.1. The summed E-state index contributed by atoms with van der Waals surface area (Å²) in [6.45, 7) is 2.05. The number of hydrogen-bond donors (Lipinski definition) is 0. The normalized spacial score (nSPS) is 14.2. The van der Waals surface area contributed by atoms with E-state index in [9.17, 15) is 33.6 Å². The number of esters is 7. The quantitative estimate of drug-likeness (QED) is 0.0491. The Balaban J connectivity index is 0. The van der Waals surface area contributed by atoms with Crippen molar-refractivity contribution in [1.82, 2.24) is 0 Å². The minimum atomic E-state index is -0.861. The molecule has 434 valence electrons. The maximum absolute atomic E-state index is 12.5. The lowest BCUT2D eigenvalue weighted by Gasteiger charge is -2.24. The van der Waals surface area contributed by atoms with Crippen molar-refractivity contribution in [1.29, 1.82) is 0 Å². The molecule has 0 aromatic heterocycles. The first kappa shape index (κ1) is 73.2. The molecule has 3 aliphatic rings. The van der Waals surface area contributed by atoms with Crippen LogP contribution in [0.4, 0.5) is 0 Å². The molecule has 0 N–H and O–H groups in total. The van der Waals surface area contributed by atoms with Gasteiger partial charge in [0, 0.05) is 6.42 Å². The van der Waals surface area contributed by atoms with Gasteiger partial charge in [0.05, 0.1) is 53.2 Å². The Morgan fingerprint density at radius 2 is 0.641 bits per heavy atom. The fourth-order valence-electron chi connectivity index (χ4n) is 8.40. The molecule has 0 amide bonds. The number of benzene rings is 4. The first-order valence-corrected chi connectivity index (χ1v) is 25.5. The molecule has 3 fully saturated rings. The Morgan fingerprint density at radius 3 is 0.987 bits per heavy atom. The maximum Gasteiger partial charge on any atom is 0.338 e. The van der Waals surface area contributed by atoms with Crippen LogP contribution in [0.5, 0.6) is 0 Å². The van der Waals surface area contributed by atoms with Gasteiger partial charge in [-0.1, -0.05) is 175 Å². The second-order valence-corrected chi connectivity index (χ2v) is 18.2. The predicted octanol–water partition coefficient (Wildman–Crippen LogP) is 14.7. The summed E-state index contributed by atoms with van der Waals surface area (Å²) in [7, 11) is 0. The molecule has 0 bridgehead atoms. The van der Waals surface area contributed by atoms with Gasteiger partial charge in [0.2, 0.25) is 0 Å². The highest BCUT2D eigenvalue weighted by Crippen LogP contribution is 2.27. The van der Waals surface area contributed by atoms with Crippen LogP contribution in [0, 0.1) is 17.8 Å². The van der Waals surface area contributed by atoms with Crippen LogP contribution in [0.3, 0.4) is 0 Å². The largest absolute Gasteiger partial charge is 0.465 e. The van der Waals surface area contributed by atoms with E-state index in [4.69, 9.17) is 33.2 Å². The summed E-state index contributed by atoms with van der Waals surface area (Å²) in [5, 5.41) is 0. The first-order chi connectivity index (χ1) is 35.1. The summed E-state index contributed by atoms with van der Waals surface area (Å²) in [5.74, 6) is -2.42. The molecular formula is C64H94O14. The monoisotopic (exact) mass is 1090 g/mol. The highest BCUT2D eigenvalue weighted by Gasteiger charge is 2.28. The van der Waals surface area contributed by atoms with Gasteiger partial charge in [0.1, 0.15) is 25.9 Å². The van der Waals surface area contributed by atoms with E-state index in [-0.39, 0.29) is 113 Å². The van der Waals surface area contributed by atoms with Crippen molar-refractivity contribution >= 4 is 41.8 Å². The lowest BCUT2D eigenvalue weighted by Crippen LogP contribution is -2.33. The van der Waals surface area contributed by atoms with Gasteiger partial charge in [0.25, 0.3) is 0 Å². The van der Waals surface area contributed by atoms with Crippen LogP contribution in [0.1, 0.15) is 196 Å². The minimum Gasteiger partial charge on any atom is -0.465 e. The van der Waals surface area contributed by atoms with Crippen molar-refractivity contribution in [3.63, 3.8) is 0 Å². The fourth-order valence-corrected chi connectivity index (χ4v) is 8.40. The van der Waals surface area contributed by atoms with Crippen LogP contribution in [-0.4, -0.2) is 87.0 Å². The molecule has 3 aliphatic carbocycles. The van der Waals surface area contributed by atoms with Crippen LogP contribution >= 0.6 is 0 Å². The van der Waals surface area contributed by atoms with Crippen LogP contribution in [0.2, 0.25) is 0 Å². The van der Waals surface area contributed by atoms with Crippen molar-refractivity contribution in [2.75, 3.05) is 33.0 Å². The smallest absolute Gasteiger partial charge is 0.338 e. The molecule has 0 radical (unpaired) electrons. The number of hydrogen-bond acceptors (Lipinski definition) is 14. The van der Waals surface area contributed by atoms with Gasteiger partial charge >= 0.3 is 41.8 Å². The maximum atomic E-state index is 12.5. The molecule has 0 heterocycles. The molecule has 3 saturated carbocycles. The summed E-state index contributed by atoms with van der Waals surface area (Å²) in [6.07, 6.45) is 14.5. The Morgan fingerprint density at radius 1 is 0.359 bits per heavy atom. The van der Waals surface area contributed by atoms with Gasteiger partial charge in [-0.3, -0.25) is 14.4 Å². The standard InChI is InChI=1S/C24H26O6.2C17H22O4.6CH4/c25-22(18-10-4-1-5-11-18)28-16-21(30-24(27)20-14-8-3-9-15-20)17-29-23(26)19-12-6-2-7-13-19;1-13(21-17(19)15-10-6-3-7-11-15)12-20-16(18)14-8-4-2-5-9-14;18-16(14-8-3-1-4-9-14)20-12-7-13-21-17(19)15-10-5-2-6-11-15;;;;;;/h1-2,4-7,10-13,20-21H,3,8-9,14-17H2;2,4-5,8-9,13,15H,3,6-7,10-12H2,1H3;1,3-4,8-9,15H,2,5-7,10-13H2;6*1H4. The molecule has 4 aromatic carbocycles. The highest BCUT2D eigenvalue weighted by atomic mass is 16.6. The van der Waals surface area contributed by atoms with Crippen LogP contribution in [-0.2, 0) is 47.5 Å². The van der Waals surface area contributed by atoms with Crippen molar-refractivity contribution in [3.05, 3.63) is 144 Å². The zero-order valence-electron chi connectivity index (χ0n) is 41.5. The van der Waals surface area contributed by atoms with Crippen LogP contribution in [0.25, 0.3) is 0 Å². The molecule has 1 atom stereocenters. The molecule has 0 spiro atoms. The average molecular weight is 1090 g/mol. The van der Waals surface area contributed by atoms with E-state index in [0.717, 1.165) is 83.5 Å². The van der Waals surface area contributed by atoms with Crippen molar-refractivity contribution in [3.8, 4) is 0 Å². The van der Waals surface area contributed by atoms with Gasteiger partial charge in [0.15, 0.2) is 6.10 Å². The van der Waals surface area contributed by atoms with Gasteiger partial charge in [-0.2, -0.15) is 0 Å². The first-order valence-electron chi connectivity index (χ1n) is 25.5. The molecule has 0 aliphatic heterocycles. The third-order valence-corrected chi connectivity index (χ3v) is 12.5. The van der Waals surface area contributed by atoms with Crippen molar-refractivity contribution in [2.45, 2.75) is 166 Å². The molecule has 4 aromatic rings. The number of carbonyl (C=O) groups excluding carboxylic acids is 7. The minimum absolute atomic E-state index is 0. The predicted molar refractivity (Wildman–Crippen MR) is 308 cm³/mol. The van der Waals surface area contributed by atoms with E-state index >= 15 is 0 Å². The molecule has 7 rings (SSSR count). The van der Waals surface area contributed by atoms with E-state index in [2.05, 4.69) is 0 Å². The lowest BCUT2D eigenvalue weighted by molar-refractivity contribution is -0.160. The zero-order valence-corrected chi connectivity index (χ0v) is 41.5. The van der Waals surface area contributed by atoms with E-state index < -0.39 is 30.1 Å². The molecule has 78 heavy (non-hydrogen) atoms. The molecule has 14 heteroatoms. The third-order valence-electron chi connectivity index (χ3n) is 12.5. The molecular weight excluding hydrogens is 993 g/mol. The second-order valence-electron chi connectivity index (χ2n) is 18.2. The third kappa shape index (κ3) is 27.5. The van der Waals surface area contributed by atoms with E-state index in [1.807, 2.05) is 12.1 Å². The van der Waals surface area contributed by atoms with Crippen molar-refractivity contribution < 1.29 is 66.7 Å². The fraction of sp³-hybridized carbons (Fsp3) is 0.516. The second kappa shape index (κ2) is 42.2. The topological polar surface area (TPSA) is 184 Å². The average Bonchev–Trinajstić information content (AvgIpc) is 3.44. The van der Waals surface area contributed by atoms with E-state index in [1.165, 1.54) is 12.8 Å². The molecule has 1 unspecified atom stereocenters. The van der Waals surface area contributed by atoms with Crippen LogP contribution < -0.4 is 0 Å². The molecule has 14 nitrogen and oxygen atoms in total. The van der Waals surface area contributed by atoms with Crippen LogP contribution in [0.15, 0.2) is 121 Å². The Labute approximate surface area is 467 Å². The summed E-state index contributed by atoms with van der Waals surface area (Å²) >= 11 is 0. The number of carbonyl (C=O) groups is 7. The number of ether oxygens (including phenoxy) is 7. The summed E-state index contributed by atoms with van der Waals surface area (Å²) in [6, 6.07) is 34.8. The van der Waals surface area contributed by atoms with Gasteiger partial charge in [-0.05, 0) is 94.0 Å². The van der Waals surface area contributed by atoms with E-state index in [1.54, 1.807) is 116 Å². The summed E-state index contributed by atoms with van der Waals surface area (Å²) in [5.41, 5.74) is 1.84. The molecule has 0 saturated heterocycles.